The highest BCUT2D eigenvalue weighted by Crippen LogP contribution is 2.31. The van der Waals surface area contributed by atoms with Crippen molar-refractivity contribution in [2.24, 2.45) is 0 Å². The number of nitrogens with zero attached hydrogens (tertiary/aromatic N) is 1. The summed E-state index contributed by atoms with van der Waals surface area (Å²) in [5.41, 5.74) is 5.02. The second-order valence-corrected chi connectivity index (χ2v) is 8.26. The zero-order chi connectivity index (χ0) is 19.7. The average Bonchev–Trinajstić information content (AvgIpc) is 3.07. The van der Waals surface area contributed by atoms with Crippen molar-refractivity contribution in [3.63, 3.8) is 0 Å². The molecule has 2 amide bonds. The van der Waals surface area contributed by atoms with Gasteiger partial charge in [0.1, 0.15) is 0 Å². The Morgan fingerprint density at radius 1 is 1.07 bits per heavy atom. The number of aromatic amines is 1. The zero-order valence-corrected chi connectivity index (χ0v) is 16.9. The smallest absolute Gasteiger partial charge is 0.286 e. The van der Waals surface area contributed by atoms with Crippen LogP contribution in [0.5, 0.6) is 0 Å². The van der Waals surface area contributed by atoms with Crippen LogP contribution in [-0.2, 0) is 12.8 Å². The molecule has 0 radical (unpaired) electrons. The van der Waals surface area contributed by atoms with Gasteiger partial charge in [-0.3, -0.25) is 9.59 Å². The summed E-state index contributed by atoms with van der Waals surface area (Å²) in [5, 5.41) is 4.03. The molecule has 0 saturated heterocycles. The van der Waals surface area contributed by atoms with Gasteiger partial charge in [0.15, 0.2) is 0 Å². The molecule has 4 rings (SSSR count). The summed E-state index contributed by atoms with van der Waals surface area (Å²) < 4.78 is 0. The second kappa shape index (κ2) is 7.72. The lowest BCUT2D eigenvalue weighted by Crippen LogP contribution is -2.17. The van der Waals surface area contributed by atoms with Crippen molar-refractivity contribution in [3.05, 3.63) is 59.3 Å². The van der Waals surface area contributed by atoms with E-state index in [4.69, 9.17) is 0 Å². The van der Waals surface area contributed by atoms with Gasteiger partial charge in [0.2, 0.25) is 0 Å². The molecule has 144 valence electrons. The Balaban J connectivity index is 1.60. The van der Waals surface area contributed by atoms with E-state index in [2.05, 4.69) is 10.3 Å². The van der Waals surface area contributed by atoms with E-state index in [1.54, 1.807) is 14.1 Å². The molecule has 28 heavy (non-hydrogen) atoms. The number of aromatic nitrogens is 1. The molecule has 0 spiro atoms. The SMILES string of the molecule is CN(C)C(=O)Sc1ccccc1NC(=O)c1ccc2[nH]c3c(c2c1)CCCC3. The minimum absolute atomic E-state index is 0.0814. The molecule has 0 bridgehead atoms. The lowest BCUT2D eigenvalue weighted by molar-refractivity contribution is 0.102. The van der Waals surface area contributed by atoms with Crippen molar-refractivity contribution in [1.82, 2.24) is 9.88 Å². The first-order valence-electron chi connectivity index (χ1n) is 9.46. The normalized spacial score (nSPS) is 13.2. The number of benzene rings is 2. The van der Waals surface area contributed by atoms with Crippen LogP contribution < -0.4 is 5.32 Å². The van der Waals surface area contributed by atoms with Gasteiger partial charge in [0.05, 0.1) is 5.69 Å². The number of thioether (sulfide) groups is 1. The van der Waals surface area contributed by atoms with Crippen molar-refractivity contribution >= 4 is 39.5 Å². The number of hydrogen-bond acceptors (Lipinski definition) is 3. The molecule has 5 nitrogen and oxygen atoms in total. The number of amides is 2. The van der Waals surface area contributed by atoms with E-state index in [0.29, 0.717) is 11.3 Å². The highest BCUT2D eigenvalue weighted by molar-refractivity contribution is 8.13. The minimum Gasteiger partial charge on any atom is -0.358 e. The molecule has 0 fully saturated rings. The van der Waals surface area contributed by atoms with Crippen LogP contribution in [0.4, 0.5) is 10.5 Å². The van der Waals surface area contributed by atoms with Crippen LogP contribution in [0.2, 0.25) is 0 Å². The number of para-hydroxylation sites is 1. The summed E-state index contributed by atoms with van der Waals surface area (Å²) in [6, 6.07) is 13.2. The first kappa shape index (κ1) is 18.6. The van der Waals surface area contributed by atoms with Crippen LogP contribution in [0.3, 0.4) is 0 Å². The first-order chi connectivity index (χ1) is 13.5. The molecule has 6 heteroatoms. The van der Waals surface area contributed by atoms with E-state index in [1.807, 2.05) is 42.5 Å². The summed E-state index contributed by atoms with van der Waals surface area (Å²) in [7, 11) is 3.42. The van der Waals surface area contributed by atoms with Crippen LogP contribution in [0.15, 0.2) is 47.4 Å². The molecule has 2 aromatic carbocycles. The lowest BCUT2D eigenvalue weighted by Gasteiger charge is -2.13. The third kappa shape index (κ3) is 3.64. The molecule has 0 saturated carbocycles. The highest BCUT2D eigenvalue weighted by Gasteiger charge is 2.18. The molecule has 1 aliphatic carbocycles. The van der Waals surface area contributed by atoms with Crippen LogP contribution in [-0.4, -0.2) is 35.1 Å². The minimum atomic E-state index is -0.169. The average molecular weight is 394 g/mol. The monoisotopic (exact) mass is 393 g/mol. The van der Waals surface area contributed by atoms with E-state index >= 15 is 0 Å². The molecule has 3 aromatic rings. The highest BCUT2D eigenvalue weighted by atomic mass is 32.2. The molecule has 1 aromatic heterocycles. The molecular weight excluding hydrogens is 370 g/mol. The van der Waals surface area contributed by atoms with Crippen LogP contribution in [0.1, 0.15) is 34.5 Å². The predicted octanol–water partition coefficient (Wildman–Crippen LogP) is 5.07. The van der Waals surface area contributed by atoms with Crippen LogP contribution >= 0.6 is 11.8 Å². The van der Waals surface area contributed by atoms with E-state index in [1.165, 1.54) is 29.0 Å². The van der Waals surface area contributed by atoms with Crippen molar-refractivity contribution in [2.45, 2.75) is 30.6 Å². The predicted molar refractivity (Wildman–Crippen MR) is 114 cm³/mol. The van der Waals surface area contributed by atoms with Gasteiger partial charge in [-0.2, -0.15) is 0 Å². The molecule has 2 N–H and O–H groups in total. The maximum absolute atomic E-state index is 12.9. The van der Waals surface area contributed by atoms with Crippen molar-refractivity contribution in [1.29, 1.82) is 0 Å². The summed E-state index contributed by atoms with van der Waals surface area (Å²) >= 11 is 1.11. The number of H-pyrrole nitrogens is 1. The van der Waals surface area contributed by atoms with Gasteiger partial charge in [0, 0.05) is 41.2 Å². The molecular formula is C22H23N3O2S. The zero-order valence-electron chi connectivity index (χ0n) is 16.0. The van der Waals surface area contributed by atoms with E-state index in [-0.39, 0.29) is 11.1 Å². The maximum atomic E-state index is 12.9. The quantitative estimate of drug-likeness (QED) is 0.611. The van der Waals surface area contributed by atoms with Gasteiger partial charge < -0.3 is 15.2 Å². The maximum Gasteiger partial charge on any atom is 0.286 e. The Kier molecular flexibility index (Phi) is 5.13. The Hall–Kier alpha value is -2.73. The summed E-state index contributed by atoms with van der Waals surface area (Å²) in [5.74, 6) is -0.169. The van der Waals surface area contributed by atoms with E-state index < -0.39 is 0 Å². The number of aryl methyl sites for hydroxylation is 2. The number of anilines is 1. The lowest BCUT2D eigenvalue weighted by atomic mass is 9.95. The number of carbonyl (C=O) groups excluding carboxylic acids is 2. The van der Waals surface area contributed by atoms with Gasteiger partial charge >= 0.3 is 0 Å². The molecule has 1 aliphatic rings. The fourth-order valence-corrected chi connectivity index (χ4v) is 4.33. The third-order valence-corrected chi connectivity index (χ3v) is 6.17. The molecule has 0 unspecified atom stereocenters. The Bertz CT molecular complexity index is 1060. The summed E-state index contributed by atoms with van der Waals surface area (Å²) in [6.07, 6.45) is 4.55. The summed E-state index contributed by atoms with van der Waals surface area (Å²) in [4.78, 5) is 30.7. The fraction of sp³-hybridized carbons (Fsp3) is 0.273. The molecule has 0 aliphatic heterocycles. The fourth-order valence-electron chi connectivity index (χ4n) is 3.59. The standard InChI is InChI=1S/C22H23N3O2S/c1-25(2)22(27)28-20-10-6-5-9-19(20)24-21(26)14-11-12-18-16(13-14)15-7-3-4-8-17(15)23-18/h5-6,9-13,23H,3-4,7-8H2,1-2H3,(H,24,26). The Labute approximate surface area is 168 Å². The largest absolute Gasteiger partial charge is 0.358 e. The third-order valence-electron chi connectivity index (χ3n) is 5.06. The van der Waals surface area contributed by atoms with Crippen LogP contribution in [0, 0.1) is 0 Å². The van der Waals surface area contributed by atoms with Crippen molar-refractivity contribution in [3.8, 4) is 0 Å². The second-order valence-electron chi connectivity index (χ2n) is 7.26. The van der Waals surface area contributed by atoms with Crippen LogP contribution in [0.25, 0.3) is 10.9 Å². The van der Waals surface area contributed by atoms with E-state index in [0.717, 1.165) is 40.4 Å². The summed E-state index contributed by atoms with van der Waals surface area (Å²) in [6.45, 7) is 0. The number of carbonyl (C=O) groups is 2. The molecule has 1 heterocycles. The Morgan fingerprint density at radius 3 is 2.68 bits per heavy atom. The number of rotatable bonds is 3. The van der Waals surface area contributed by atoms with E-state index in [9.17, 15) is 9.59 Å². The number of hydrogen-bond donors (Lipinski definition) is 2. The van der Waals surface area contributed by atoms with Crippen molar-refractivity contribution < 1.29 is 9.59 Å². The molecule has 0 atom stereocenters. The van der Waals surface area contributed by atoms with Crippen molar-refractivity contribution in [2.75, 3.05) is 19.4 Å². The van der Waals surface area contributed by atoms with Gasteiger partial charge in [-0.1, -0.05) is 12.1 Å². The first-order valence-corrected chi connectivity index (χ1v) is 10.3. The number of nitrogens with one attached hydrogen (secondary N) is 2. The van der Waals surface area contributed by atoms with Gasteiger partial charge in [-0.05, 0) is 73.3 Å². The topological polar surface area (TPSA) is 65.2 Å². The Morgan fingerprint density at radius 2 is 1.86 bits per heavy atom. The van der Waals surface area contributed by atoms with Gasteiger partial charge in [-0.15, -0.1) is 0 Å². The van der Waals surface area contributed by atoms with Gasteiger partial charge in [0.25, 0.3) is 11.1 Å². The van der Waals surface area contributed by atoms with Gasteiger partial charge in [-0.25, -0.2) is 0 Å². The number of fused-ring (bicyclic) bond motifs is 3.